The first-order valence-electron chi connectivity index (χ1n) is 6.41. The standard InChI is InChI=1S/C15H20O5/c1-5-20-15(17)12(10(2)16)8-11-6-7-13(18-3)14(9-11)19-4/h6-7,9,12H,5,8H2,1-4H3/t12-/m1/s1. The molecule has 0 bridgehead atoms. The average molecular weight is 280 g/mol. The van der Waals surface area contributed by atoms with Gasteiger partial charge in [0.05, 0.1) is 20.8 Å². The highest BCUT2D eigenvalue weighted by Crippen LogP contribution is 2.28. The Bertz CT molecular complexity index is 481. The van der Waals surface area contributed by atoms with Crippen LogP contribution in [0.2, 0.25) is 0 Å². The van der Waals surface area contributed by atoms with Crippen LogP contribution in [-0.4, -0.2) is 32.6 Å². The van der Waals surface area contributed by atoms with Gasteiger partial charge in [-0.05, 0) is 38.0 Å². The van der Waals surface area contributed by atoms with E-state index in [2.05, 4.69) is 0 Å². The molecular formula is C15H20O5. The Balaban J connectivity index is 2.94. The third-order valence-corrected chi connectivity index (χ3v) is 2.95. The van der Waals surface area contributed by atoms with Crippen LogP contribution in [0.3, 0.4) is 0 Å². The van der Waals surface area contributed by atoms with Crippen LogP contribution in [0, 0.1) is 5.92 Å². The van der Waals surface area contributed by atoms with Gasteiger partial charge >= 0.3 is 5.97 Å². The highest BCUT2D eigenvalue weighted by Gasteiger charge is 2.25. The highest BCUT2D eigenvalue weighted by molar-refractivity contribution is 5.98. The molecule has 110 valence electrons. The molecule has 1 aromatic rings. The number of carbonyl (C=O) groups excluding carboxylic acids is 2. The van der Waals surface area contributed by atoms with Crippen molar-refractivity contribution in [1.29, 1.82) is 0 Å². The number of ether oxygens (including phenoxy) is 3. The Morgan fingerprint density at radius 3 is 2.30 bits per heavy atom. The topological polar surface area (TPSA) is 61.8 Å². The van der Waals surface area contributed by atoms with E-state index in [0.29, 0.717) is 11.5 Å². The van der Waals surface area contributed by atoms with E-state index in [1.54, 1.807) is 32.2 Å². The molecular weight excluding hydrogens is 260 g/mol. The van der Waals surface area contributed by atoms with Gasteiger partial charge in [-0.1, -0.05) is 6.07 Å². The number of hydrogen-bond donors (Lipinski definition) is 0. The lowest BCUT2D eigenvalue weighted by Gasteiger charge is -2.14. The summed E-state index contributed by atoms with van der Waals surface area (Å²) in [5.41, 5.74) is 0.816. The Hall–Kier alpha value is -2.04. The van der Waals surface area contributed by atoms with Crippen LogP contribution >= 0.6 is 0 Å². The number of benzene rings is 1. The first kappa shape index (κ1) is 16.0. The Kier molecular flexibility index (Phi) is 6.03. The summed E-state index contributed by atoms with van der Waals surface area (Å²) in [4.78, 5) is 23.4. The van der Waals surface area contributed by atoms with Crippen LogP contribution in [-0.2, 0) is 20.7 Å². The summed E-state index contributed by atoms with van der Waals surface area (Å²) in [6.07, 6.45) is 0.286. The zero-order valence-corrected chi connectivity index (χ0v) is 12.3. The maximum absolute atomic E-state index is 11.8. The Morgan fingerprint density at radius 2 is 1.80 bits per heavy atom. The van der Waals surface area contributed by atoms with Gasteiger partial charge in [-0.25, -0.2) is 0 Å². The van der Waals surface area contributed by atoms with Gasteiger partial charge in [-0.3, -0.25) is 9.59 Å². The molecule has 0 N–H and O–H groups in total. The monoisotopic (exact) mass is 280 g/mol. The number of rotatable bonds is 7. The van der Waals surface area contributed by atoms with Crippen LogP contribution in [0.4, 0.5) is 0 Å². The lowest BCUT2D eigenvalue weighted by molar-refractivity contribution is -0.151. The minimum absolute atomic E-state index is 0.210. The molecule has 20 heavy (non-hydrogen) atoms. The van der Waals surface area contributed by atoms with Crippen molar-refractivity contribution < 1.29 is 23.8 Å². The molecule has 1 atom stereocenters. The van der Waals surface area contributed by atoms with E-state index in [9.17, 15) is 9.59 Å². The summed E-state index contributed by atoms with van der Waals surface area (Å²) in [6.45, 7) is 3.36. The van der Waals surface area contributed by atoms with Gasteiger partial charge in [-0.2, -0.15) is 0 Å². The zero-order valence-electron chi connectivity index (χ0n) is 12.3. The molecule has 0 heterocycles. The predicted octanol–water partition coefficient (Wildman–Crippen LogP) is 2.01. The van der Waals surface area contributed by atoms with E-state index < -0.39 is 11.9 Å². The molecule has 0 saturated carbocycles. The number of carbonyl (C=O) groups is 2. The lowest BCUT2D eigenvalue weighted by Crippen LogP contribution is -2.26. The minimum Gasteiger partial charge on any atom is -0.493 e. The number of Topliss-reactive ketones (excluding diaryl/α,β-unsaturated/α-hetero) is 1. The SMILES string of the molecule is CCOC(=O)[C@H](Cc1ccc(OC)c(OC)c1)C(C)=O. The van der Waals surface area contributed by atoms with E-state index in [1.807, 2.05) is 0 Å². The van der Waals surface area contributed by atoms with E-state index in [-0.39, 0.29) is 18.8 Å². The third-order valence-electron chi connectivity index (χ3n) is 2.95. The second kappa shape index (κ2) is 7.53. The van der Waals surface area contributed by atoms with Gasteiger partial charge < -0.3 is 14.2 Å². The van der Waals surface area contributed by atoms with E-state index in [4.69, 9.17) is 14.2 Å². The van der Waals surface area contributed by atoms with E-state index in [1.165, 1.54) is 14.0 Å². The van der Waals surface area contributed by atoms with Crippen LogP contribution < -0.4 is 9.47 Å². The van der Waals surface area contributed by atoms with Crippen molar-refractivity contribution in [2.24, 2.45) is 5.92 Å². The summed E-state index contributed by atoms with van der Waals surface area (Å²) < 4.78 is 15.3. The summed E-state index contributed by atoms with van der Waals surface area (Å²) in [5, 5.41) is 0. The first-order valence-corrected chi connectivity index (χ1v) is 6.41. The van der Waals surface area contributed by atoms with Crippen molar-refractivity contribution in [3.05, 3.63) is 23.8 Å². The van der Waals surface area contributed by atoms with Crippen LogP contribution in [0.15, 0.2) is 18.2 Å². The Labute approximate surface area is 118 Å². The van der Waals surface area contributed by atoms with Crippen molar-refractivity contribution in [2.45, 2.75) is 20.3 Å². The fourth-order valence-corrected chi connectivity index (χ4v) is 1.88. The average Bonchev–Trinajstić information content (AvgIpc) is 2.44. The second-order valence-corrected chi connectivity index (χ2v) is 4.31. The summed E-state index contributed by atoms with van der Waals surface area (Å²) >= 11 is 0. The number of ketones is 1. The molecule has 0 aliphatic rings. The largest absolute Gasteiger partial charge is 0.493 e. The molecule has 0 fully saturated rings. The molecule has 0 amide bonds. The summed E-state index contributed by atoms with van der Waals surface area (Å²) in [5.74, 6) is -0.316. The minimum atomic E-state index is -0.784. The molecule has 0 unspecified atom stereocenters. The van der Waals surface area contributed by atoms with Crippen LogP contribution in [0.25, 0.3) is 0 Å². The molecule has 0 spiro atoms. The maximum Gasteiger partial charge on any atom is 0.316 e. The summed E-state index contributed by atoms with van der Waals surface area (Å²) in [6, 6.07) is 5.31. The molecule has 1 rings (SSSR count). The molecule has 1 aromatic carbocycles. The molecule has 0 saturated heterocycles. The van der Waals surface area contributed by atoms with Gasteiger partial charge in [0, 0.05) is 0 Å². The normalized spacial score (nSPS) is 11.6. The Morgan fingerprint density at radius 1 is 1.15 bits per heavy atom. The van der Waals surface area contributed by atoms with Crippen LogP contribution in [0.5, 0.6) is 11.5 Å². The van der Waals surface area contributed by atoms with E-state index in [0.717, 1.165) is 5.56 Å². The molecule has 0 aromatic heterocycles. The fourth-order valence-electron chi connectivity index (χ4n) is 1.88. The smallest absolute Gasteiger partial charge is 0.316 e. The summed E-state index contributed by atoms with van der Waals surface area (Å²) in [7, 11) is 3.09. The lowest BCUT2D eigenvalue weighted by atomic mass is 9.96. The fraction of sp³-hybridized carbons (Fsp3) is 0.467. The quantitative estimate of drug-likeness (QED) is 0.565. The first-order chi connectivity index (χ1) is 9.53. The van der Waals surface area contributed by atoms with Gasteiger partial charge in [0.1, 0.15) is 11.7 Å². The van der Waals surface area contributed by atoms with Crippen molar-refractivity contribution in [3.8, 4) is 11.5 Å². The van der Waals surface area contributed by atoms with Gasteiger partial charge in [-0.15, -0.1) is 0 Å². The second-order valence-electron chi connectivity index (χ2n) is 4.31. The molecule has 5 nitrogen and oxygen atoms in total. The van der Waals surface area contributed by atoms with Crippen molar-refractivity contribution in [2.75, 3.05) is 20.8 Å². The molecule has 0 aliphatic carbocycles. The van der Waals surface area contributed by atoms with E-state index >= 15 is 0 Å². The number of methoxy groups -OCH3 is 2. The molecule has 0 aliphatic heterocycles. The highest BCUT2D eigenvalue weighted by atomic mass is 16.5. The van der Waals surface area contributed by atoms with Crippen molar-refractivity contribution >= 4 is 11.8 Å². The zero-order chi connectivity index (χ0) is 15.1. The molecule has 5 heteroatoms. The number of esters is 1. The van der Waals surface area contributed by atoms with Crippen molar-refractivity contribution in [3.63, 3.8) is 0 Å². The predicted molar refractivity (Wildman–Crippen MR) is 74.1 cm³/mol. The van der Waals surface area contributed by atoms with Crippen molar-refractivity contribution in [1.82, 2.24) is 0 Å². The van der Waals surface area contributed by atoms with Crippen LogP contribution in [0.1, 0.15) is 19.4 Å². The third kappa shape index (κ3) is 3.98. The van der Waals surface area contributed by atoms with Gasteiger partial charge in [0.15, 0.2) is 11.5 Å². The van der Waals surface area contributed by atoms with Gasteiger partial charge in [0.2, 0.25) is 0 Å². The molecule has 0 radical (unpaired) electrons. The number of hydrogen-bond acceptors (Lipinski definition) is 5. The maximum atomic E-state index is 11.8. The van der Waals surface area contributed by atoms with Gasteiger partial charge in [0.25, 0.3) is 0 Å².